The molecule has 7 heteroatoms. The van der Waals surface area contributed by atoms with Crippen LogP contribution in [-0.2, 0) is 7.05 Å². The van der Waals surface area contributed by atoms with Crippen LogP contribution in [0.1, 0.15) is 43.2 Å². The summed E-state index contributed by atoms with van der Waals surface area (Å²) in [4.78, 5) is 9.20. The molecule has 0 bridgehead atoms. The average Bonchev–Trinajstić information content (AvgIpc) is 3.37. The summed E-state index contributed by atoms with van der Waals surface area (Å²) in [6.07, 6.45) is 6.31. The number of hydrogen-bond donors (Lipinski definition) is 1. The van der Waals surface area contributed by atoms with Crippen molar-refractivity contribution in [3.05, 3.63) is 77.3 Å². The van der Waals surface area contributed by atoms with Crippen molar-refractivity contribution in [2.75, 3.05) is 22.9 Å². The number of aromatic nitrogens is 2. The minimum Gasteiger partial charge on any atom is -0.370 e. The van der Waals surface area contributed by atoms with Crippen LogP contribution in [0.5, 0.6) is 0 Å². The molecule has 1 aromatic carbocycles. The van der Waals surface area contributed by atoms with Gasteiger partial charge in [0.15, 0.2) is 5.11 Å². The summed E-state index contributed by atoms with van der Waals surface area (Å²) in [5.41, 5.74) is 4.23. The predicted octanol–water partition coefficient (Wildman–Crippen LogP) is 5.49. The number of piperidine rings is 1. The fourth-order valence-corrected chi connectivity index (χ4v) is 5.51. The van der Waals surface area contributed by atoms with Crippen molar-refractivity contribution in [2.45, 2.75) is 31.8 Å². The van der Waals surface area contributed by atoms with Gasteiger partial charge in [0, 0.05) is 43.9 Å². The zero-order chi connectivity index (χ0) is 22.2. The van der Waals surface area contributed by atoms with E-state index in [2.05, 4.69) is 75.2 Å². The molecule has 4 heterocycles. The molecule has 0 aliphatic carbocycles. The Morgan fingerprint density at radius 1 is 1.09 bits per heavy atom. The van der Waals surface area contributed by atoms with E-state index in [9.17, 15) is 0 Å². The molecule has 2 saturated heterocycles. The molecule has 0 spiro atoms. The fourth-order valence-electron chi connectivity index (χ4n) is 4.87. The van der Waals surface area contributed by atoms with Gasteiger partial charge < -0.3 is 19.7 Å². The van der Waals surface area contributed by atoms with E-state index in [4.69, 9.17) is 23.8 Å². The minimum atomic E-state index is -0.0562. The molecule has 5 nitrogen and oxygen atoms in total. The summed E-state index contributed by atoms with van der Waals surface area (Å²) in [6, 6.07) is 16.5. The van der Waals surface area contributed by atoms with Gasteiger partial charge in [-0.3, -0.25) is 4.98 Å². The Hall–Kier alpha value is -2.57. The maximum Gasteiger partial charge on any atom is 0.174 e. The number of halogens is 1. The topological polar surface area (TPSA) is 36.3 Å². The molecule has 5 rings (SSSR count). The zero-order valence-corrected chi connectivity index (χ0v) is 20.0. The lowest BCUT2D eigenvalue weighted by atomic mass is 9.98. The molecule has 2 aliphatic heterocycles. The van der Waals surface area contributed by atoms with E-state index in [-0.39, 0.29) is 12.1 Å². The highest BCUT2D eigenvalue weighted by Gasteiger charge is 2.42. The van der Waals surface area contributed by atoms with E-state index in [1.54, 1.807) is 0 Å². The second-order valence-corrected chi connectivity index (χ2v) is 9.64. The first-order valence-electron chi connectivity index (χ1n) is 11.2. The summed E-state index contributed by atoms with van der Waals surface area (Å²) >= 11 is 12.7. The zero-order valence-electron chi connectivity index (χ0n) is 18.4. The Balaban J connectivity index is 1.52. The van der Waals surface area contributed by atoms with E-state index >= 15 is 0 Å². The van der Waals surface area contributed by atoms with Gasteiger partial charge >= 0.3 is 0 Å². The molecule has 2 atom stereocenters. The number of nitrogens with one attached hydrogen (secondary N) is 1. The summed E-state index contributed by atoms with van der Waals surface area (Å²) in [5.74, 6) is 0.784. The van der Waals surface area contributed by atoms with Crippen LogP contribution in [0.4, 0.5) is 11.4 Å². The lowest BCUT2D eigenvalue weighted by Crippen LogP contribution is -2.33. The van der Waals surface area contributed by atoms with Crippen LogP contribution in [0.15, 0.2) is 60.9 Å². The Bertz CT molecular complexity index is 1110. The van der Waals surface area contributed by atoms with E-state index in [0.717, 1.165) is 41.1 Å². The quantitative estimate of drug-likeness (QED) is 0.516. The molecule has 0 saturated carbocycles. The van der Waals surface area contributed by atoms with Gasteiger partial charge in [0.05, 0.1) is 22.4 Å². The summed E-state index contributed by atoms with van der Waals surface area (Å²) in [5, 5.41) is 4.97. The molecule has 1 N–H and O–H groups in total. The second-order valence-electron chi connectivity index (χ2n) is 8.85. The Labute approximate surface area is 200 Å². The maximum absolute atomic E-state index is 6.83. The first kappa shape index (κ1) is 21.3. The molecular weight excluding hydrogens is 438 g/mol. The van der Waals surface area contributed by atoms with Crippen LogP contribution in [0.25, 0.3) is 0 Å². The highest BCUT2D eigenvalue weighted by molar-refractivity contribution is 7.80. The third kappa shape index (κ3) is 3.86. The van der Waals surface area contributed by atoms with Gasteiger partial charge in [0.2, 0.25) is 0 Å². The van der Waals surface area contributed by atoms with Crippen molar-refractivity contribution in [1.29, 1.82) is 0 Å². The van der Waals surface area contributed by atoms with Crippen molar-refractivity contribution < 1.29 is 0 Å². The van der Waals surface area contributed by atoms with Crippen LogP contribution in [0, 0.1) is 5.92 Å². The normalized spacial score (nSPS) is 21.8. The van der Waals surface area contributed by atoms with Crippen molar-refractivity contribution in [1.82, 2.24) is 14.9 Å². The second kappa shape index (κ2) is 8.75. The molecular formula is C25H28ClN5S. The highest BCUT2D eigenvalue weighted by Crippen LogP contribution is 2.43. The third-order valence-electron chi connectivity index (χ3n) is 6.72. The van der Waals surface area contributed by atoms with Crippen molar-refractivity contribution in [3.8, 4) is 0 Å². The van der Waals surface area contributed by atoms with Crippen LogP contribution in [-0.4, -0.2) is 27.8 Å². The highest BCUT2D eigenvalue weighted by atomic mass is 35.5. The Morgan fingerprint density at radius 2 is 1.91 bits per heavy atom. The molecule has 3 aromatic rings. The summed E-state index contributed by atoms with van der Waals surface area (Å²) < 4.78 is 2.15. The lowest BCUT2D eigenvalue weighted by Gasteiger charge is -2.33. The van der Waals surface area contributed by atoms with Crippen molar-refractivity contribution in [2.24, 2.45) is 13.0 Å². The number of aryl methyl sites for hydroxylation is 1. The van der Waals surface area contributed by atoms with Crippen LogP contribution in [0.3, 0.4) is 0 Å². The number of hydrogen-bond acceptors (Lipinski definition) is 3. The molecule has 2 aliphatic rings. The molecule has 2 fully saturated rings. The smallest absolute Gasteiger partial charge is 0.174 e. The number of benzene rings is 1. The van der Waals surface area contributed by atoms with E-state index in [1.807, 2.05) is 24.4 Å². The van der Waals surface area contributed by atoms with Gasteiger partial charge in [0.25, 0.3) is 0 Å². The van der Waals surface area contributed by atoms with E-state index in [0.29, 0.717) is 5.11 Å². The Kier molecular flexibility index (Phi) is 5.82. The molecule has 2 aromatic heterocycles. The number of pyridine rings is 1. The standard InChI is InChI=1S/C25H28ClN5S/c1-17-10-14-30(15-11-17)21-9-8-18(16-19(21)26)31-24(22-7-5-13-29(22)2)23(28-25(31)32)20-6-3-4-12-27-20/h3-9,12-13,16-17,23-24H,10-11,14-15H2,1-2H3,(H,28,32)/t23-,24-/m1/s1. The predicted molar refractivity (Wildman–Crippen MR) is 135 cm³/mol. The average molecular weight is 466 g/mol. The molecule has 0 amide bonds. The fraction of sp³-hybridized carbons (Fsp3) is 0.360. The summed E-state index contributed by atoms with van der Waals surface area (Å²) in [7, 11) is 2.07. The van der Waals surface area contributed by atoms with Crippen molar-refractivity contribution >= 4 is 40.3 Å². The van der Waals surface area contributed by atoms with Gasteiger partial charge in [-0.2, -0.15) is 0 Å². The van der Waals surface area contributed by atoms with Gasteiger partial charge in [0.1, 0.15) is 6.04 Å². The van der Waals surface area contributed by atoms with Crippen LogP contribution < -0.4 is 15.1 Å². The van der Waals surface area contributed by atoms with E-state index in [1.165, 1.54) is 18.5 Å². The lowest BCUT2D eigenvalue weighted by molar-refractivity contribution is 0.438. The number of anilines is 2. The summed E-state index contributed by atoms with van der Waals surface area (Å²) in [6.45, 7) is 4.43. The van der Waals surface area contributed by atoms with Crippen LogP contribution >= 0.6 is 23.8 Å². The van der Waals surface area contributed by atoms with Crippen molar-refractivity contribution in [3.63, 3.8) is 0 Å². The molecule has 32 heavy (non-hydrogen) atoms. The monoisotopic (exact) mass is 465 g/mol. The SMILES string of the molecule is CC1CCN(c2ccc(N3C(=S)N[C@H](c4ccccn4)[C@H]3c3cccn3C)cc2Cl)CC1. The first-order valence-corrected chi connectivity index (χ1v) is 12.0. The first-order chi connectivity index (χ1) is 15.5. The van der Waals surface area contributed by atoms with Gasteiger partial charge in [-0.25, -0.2) is 0 Å². The molecule has 0 radical (unpaired) electrons. The number of nitrogens with zero attached hydrogens (tertiary/aromatic N) is 4. The third-order valence-corrected chi connectivity index (χ3v) is 7.34. The maximum atomic E-state index is 6.83. The van der Waals surface area contributed by atoms with Gasteiger partial charge in [-0.15, -0.1) is 0 Å². The number of thiocarbonyl (C=S) groups is 1. The van der Waals surface area contributed by atoms with Crippen LogP contribution in [0.2, 0.25) is 5.02 Å². The molecule has 0 unspecified atom stereocenters. The minimum absolute atomic E-state index is 0.0323. The molecule has 166 valence electrons. The number of rotatable bonds is 4. The largest absolute Gasteiger partial charge is 0.370 e. The Morgan fingerprint density at radius 3 is 2.56 bits per heavy atom. The van der Waals surface area contributed by atoms with E-state index < -0.39 is 0 Å². The van der Waals surface area contributed by atoms with Gasteiger partial charge in [-0.1, -0.05) is 24.6 Å². The van der Waals surface area contributed by atoms with Gasteiger partial charge in [-0.05, 0) is 73.4 Å².